The van der Waals surface area contributed by atoms with Crippen LogP contribution in [0.1, 0.15) is 64.4 Å². The Balaban J connectivity index is 1.50. The highest BCUT2D eigenvalue weighted by Gasteiger charge is 2.58. The molecule has 0 spiro atoms. The second kappa shape index (κ2) is 5.79. The highest BCUT2D eigenvalue weighted by Crippen LogP contribution is 2.66. The van der Waals surface area contributed by atoms with Crippen LogP contribution in [0.3, 0.4) is 0 Å². The molecule has 2 nitrogen and oxygen atoms in total. The lowest BCUT2D eigenvalue weighted by molar-refractivity contribution is -0.0745. The van der Waals surface area contributed by atoms with Gasteiger partial charge in [-0.15, -0.1) is 0 Å². The van der Waals surface area contributed by atoms with Crippen molar-refractivity contribution in [3.8, 4) is 0 Å². The first-order valence-electron chi connectivity index (χ1n) is 10.5. The zero-order chi connectivity index (χ0) is 17.9. The minimum atomic E-state index is -0.146. The van der Waals surface area contributed by atoms with Crippen LogP contribution in [0.4, 0.5) is 0 Å². The van der Waals surface area contributed by atoms with E-state index in [1.165, 1.54) is 43.2 Å². The van der Waals surface area contributed by atoms with Crippen LogP contribution in [0.5, 0.6) is 0 Å². The number of rotatable bonds is 1. The third kappa shape index (κ3) is 2.11. The van der Waals surface area contributed by atoms with Crippen molar-refractivity contribution in [2.75, 3.05) is 0 Å². The molecule has 4 aliphatic carbocycles. The molecule has 5 rings (SSSR count). The molecular weight excluding hydrogens is 318 g/mol. The molecule has 0 amide bonds. The maximum atomic E-state index is 11.0. The number of pyridine rings is 1. The van der Waals surface area contributed by atoms with Gasteiger partial charge in [0.1, 0.15) is 0 Å². The maximum absolute atomic E-state index is 11.0. The lowest BCUT2D eigenvalue weighted by Gasteiger charge is -2.58. The predicted molar refractivity (Wildman–Crippen MR) is 105 cm³/mol. The molecular formula is C24H31NO. The first-order valence-corrected chi connectivity index (χ1v) is 10.5. The van der Waals surface area contributed by atoms with Gasteiger partial charge in [0.05, 0.1) is 6.10 Å². The molecule has 0 bridgehead atoms. The summed E-state index contributed by atoms with van der Waals surface area (Å²) in [4.78, 5) is 4.37. The summed E-state index contributed by atoms with van der Waals surface area (Å²) in [7, 11) is 0. The van der Waals surface area contributed by atoms with Crippen LogP contribution in [0.2, 0.25) is 0 Å². The molecule has 2 heteroatoms. The summed E-state index contributed by atoms with van der Waals surface area (Å²) in [5.41, 5.74) is 4.70. The van der Waals surface area contributed by atoms with Gasteiger partial charge in [0.15, 0.2) is 0 Å². The molecule has 1 heterocycles. The van der Waals surface area contributed by atoms with Gasteiger partial charge in [-0.05, 0) is 85.3 Å². The van der Waals surface area contributed by atoms with Crippen LogP contribution in [-0.2, 0) is 0 Å². The van der Waals surface area contributed by atoms with Gasteiger partial charge in [-0.1, -0.05) is 37.6 Å². The largest absolute Gasteiger partial charge is 0.392 e. The molecule has 1 aromatic heterocycles. The summed E-state index contributed by atoms with van der Waals surface area (Å²) in [6.07, 6.45) is 17.0. The molecule has 0 saturated heterocycles. The Labute approximate surface area is 157 Å². The second-order valence-corrected chi connectivity index (χ2v) is 9.58. The van der Waals surface area contributed by atoms with E-state index in [0.717, 1.165) is 12.8 Å². The standard InChI is InChI=1S/C24H31NO/c1-23-13-12-21-18(9-8-17-6-3-7-22(26)24(17,21)2)20(23)11-10-19(23)16-5-4-14-25-15-16/h4-5,8,10,14-15,18,20-22,26H,3,6-7,9,11-13H2,1-2H3/t18-,20-,21-,22?,23+,24-/m0/s1. The quantitative estimate of drug-likeness (QED) is 0.689. The number of fused-ring (bicyclic) bond motifs is 5. The van der Waals surface area contributed by atoms with Crippen LogP contribution in [0, 0.1) is 28.6 Å². The highest BCUT2D eigenvalue weighted by molar-refractivity contribution is 5.72. The molecule has 2 fully saturated rings. The topological polar surface area (TPSA) is 33.1 Å². The molecule has 6 atom stereocenters. The van der Waals surface area contributed by atoms with Gasteiger partial charge in [-0.3, -0.25) is 4.98 Å². The van der Waals surface area contributed by atoms with E-state index in [0.29, 0.717) is 17.8 Å². The number of aliphatic hydroxyl groups is 1. The van der Waals surface area contributed by atoms with Crippen molar-refractivity contribution in [1.82, 2.24) is 4.98 Å². The lowest BCUT2D eigenvalue weighted by Crippen LogP contribution is -2.53. The summed E-state index contributed by atoms with van der Waals surface area (Å²) >= 11 is 0. The molecule has 26 heavy (non-hydrogen) atoms. The van der Waals surface area contributed by atoms with Crippen LogP contribution in [-0.4, -0.2) is 16.2 Å². The number of hydrogen-bond donors (Lipinski definition) is 1. The van der Waals surface area contributed by atoms with Gasteiger partial charge in [0.2, 0.25) is 0 Å². The zero-order valence-electron chi connectivity index (χ0n) is 16.1. The van der Waals surface area contributed by atoms with Gasteiger partial charge >= 0.3 is 0 Å². The summed E-state index contributed by atoms with van der Waals surface area (Å²) in [6, 6.07) is 4.29. The third-order valence-electron chi connectivity index (χ3n) is 8.70. The fraction of sp³-hybridized carbons (Fsp3) is 0.625. The van der Waals surface area contributed by atoms with Crippen molar-refractivity contribution < 1.29 is 5.11 Å². The number of nitrogens with zero attached hydrogens (tertiary/aromatic N) is 1. The molecule has 138 valence electrons. The van der Waals surface area contributed by atoms with Crippen molar-refractivity contribution in [2.45, 2.75) is 64.9 Å². The molecule has 0 aromatic carbocycles. The number of aromatic nitrogens is 1. The van der Waals surface area contributed by atoms with Crippen LogP contribution in [0.15, 0.2) is 42.3 Å². The maximum Gasteiger partial charge on any atom is 0.0633 e. The van der Waals surface area contributed by atoms with Crippen LogP contribution >= 0.6 is 0 Å². The van der Waals surface area contributed by atoms with E-state index in [9.17, 15) is 5.11 Å². The van der Waals surface area contributed by atoms with Crippen molar-refractivity contribution in [3.05, 3.63) is 47.8 Å². The van der Waals surface area contributed by atoms with E-state index >= 15 is 0 Å². The Morgan fingerprint density at radius 1 is 1.12 bits per heavy atom. The fourth-order valence-electron chi connectivity index (χ4n) is 7.25. The van der Waals surface area contributed by atoms with E-state index < -0.39 is 0 Å². The Hall–Kier alpha value is -1.41. The van der Waals surface area contributed by atoms with Gasteiger partial charge in [-0.25, -0.2) is 0 Å². The predicted octanol–water partition coefficient (Wildman–Crippen LogP) is 5.40. The first-order chi connectivity index (χ1) is 12.5. The summed E-state index contributed by atoms with van der Waals surface area (Å²) < 4.78 is 0. The Bertz CT molecular complexity index is 766. The van der Waals surface area contributed by atoms with E-state index in [1.807, 2.05) is 12.4 Å². The van der Waals surface area contributed by atoms with Gasteiger partial charge in [-0.2, -0.15) is 0 Å². The Kier molecular flexibility index (Phi) is 3.73. The average Bonchev–Trinajstić information content (AvgIpc) is 3.01. The summed E-state index contributed by atoms with van der Waals surface area (Å²) in [6.45, 7) is 4.88. The van der Waals surface area contributed by atoms with Gasteiger partial charge in [0.25, 0.3) is 0 Å². The van der Waals surface area contributed by atoms with Crippen LogP contribution < -0.4 is 0 Å². The summed E-state index contributed by atoms with van der Waals surface area (Å²) in [5, 5.41) is 11.0. The number of aliphatic hydroxyl groups excluding tert-OH is 1. The Morgan fingerprint density at radius 3 is 2.81 bits per heavy atom. The molecule has 1 N–H and O–H groups in total. The van der Waals surface area contributed by atoms with E-state index in [1.54, 1.807) is 5.57 Å². The monoisotopic (exact) mass is 349 g/mol. The van der Waals surface area contributed by atoms with Crippen LogP contribution in [0.25, 0.3) is 5.57 Å². The minimum Gasteiger partial charge on any atom is -0.392 e. The van der Waals surface area contributed by atoms with E-state index in [2.05, 4.69) is 43.1 Å². The fourth-order valence-corrected chi connectivity index (χ4v) is 7.25. The van der Waals surface area contributed by atoms with E-state index in [-0.39, 0.29) is 16.9 Å². The zero-order valence-corrected chi connectivity index (χ0v) is 16.1. The second-order valence-electron chi connectivity index (χ2n) is 9.58. The number of hydrogen-bond acceptors (Lipinski definition) is 2. The highest BCUT2D eigenvalue weighted by atomic mass is 16.3. The molecule has 1 aromatic rings. The third-order valence-corrected chi connectivity index (χ3v) is 8.70. The Morgan fingerprint density at radius 2 is 2.00 bits per heavy atom. The minimum absolute atomic E-state index is 0.0273. The lowest BCUT2D eigenvalue weighted by atomic mass is 9.47. The first kappa shape index (κ1) is 16.7. The molecule has 2 saturated carbocycles. The molecule has 0 aliphatic heterocycles. The molecule has 1 unspecified atom stereocenters. The van der Waals surface area contributed by atoms with E-state index in [4.69, 9.17) is 0 Å². The van der Waals surface area contributed by atoms with Crippen molar-refractivity contribution in [1.29, 1.82) is 0 Å². The average molecular weight is 350 g/mol. The molecule has 4 aliphatic rings. The smallest absolute Gasteiger partial charge is 0.0633 e. The van der Waals surface area contributed by atoms with Crippen molar-refractivity contribution >= 4 is 5.57 Å². The van der Waals surface area contributed by atoms with Gasteiger partial charge in [0, 0.05) is 17.8 Å². The SMILES string of the molecule is C[C@]12CC[C@H]3[C@@H](CC=C4CCCC(O)[C@@]43C)[C@@H]1CC=C2c1cccnc1. The normalized spacial score (nSPS) is 44.4. The van der Waals surface area contributed by atoms with Gasteiger partial charge < -0.3 is 5.11 Å². The number of allylic oxidation sites excluding steroid dienone is 3. The molecule has 0 radical (unpaired) electrons. The van der Waals surface area contributed by atoms with Crippen molar-refractivity contribution in [2.24, 2.45) is 28.6 Å². The van der Waals surface area contributed by atoms with Crippen molar-refractivity contribution in [3.63, 3.8) is 0 Å². The summed E-state index contributed by atoms with van der Waals surface area (Å²) in [5.74, 6) is 2.07.